The average molecular weight is 293 g/mol. The van der Waals surface area contributed by atoms with Crippen LogP contribution in [0.2, 0.25) is 5.28 Å². The molecular formula is C13H13ClN4O2. The number of halogens is 1. The Morgan fingerprint density at radius 3 is 3.00 bits per heavy atom. The topological polar surface area (TPSA) is 69.9 Å². The third kappa shape index (κ3) is 2.51. The van der Waals surface area contributed by atoms with E-state index >= 15 is 0 Å². The molecule has 1 aliphatic rings. The Morgan fingerprint density at radius 1 is 1.55 bits per heavy atom. The first-order chi connectivity index (χ1) is 9.69. The van der Waals surface area contributed by atoms with E-state index in [4.69, 9.17) is 16.3 Å². The number of carbonyl (C=O) groups is 1. The summed E-state index contributed by atoms with van der Waals surface area (Å²) in [4.78, 5) is 19.9. The summed E-state index contributed by atoms with van der Waals surface area (Å²) in [5.41, 5.74) is 1.28. The summed E-state index contributed by atoms with van der Waals surface area (Å²) >= 11 is 5.77. The van der Waals surface area contributed by atoms with Crippen LogP contribution in [0.1, 0.15) is 41.7 Å². The fourth-order valence-electron chi connectivity index (χ4n) is 1.98. The number of rotatable bonds is 4. The van der Waals surface area contributed by atoms with Crippen LogP contribution in [0.15, 0.2) is 18.5 Å². The van der Waals surface area contributed by atoms with E-state index in [0.29, 0.717) is 23.9 Å². The number of aromatic nitrogens is 4. The Kier molecular flexibility index (Phi) is 3.40. The summed E-state index contributed by atoms with van der Waals surface area (Å²) in [5, 5.41) is 4.60. The maximum Gasteiger partial charge on any atom is 0.341 e. The monoisotopic (exact) mass is 292 g/mol. The van der Waals surface area contributed by atoms with Gasteiger partial charge in [0.1, 0.15) is 5.56 Å². The average Bonchev–Trinajstić information content (AvgIpc) is 3.18. The van der Waals surface area contributed by atoms with E-state index in [1.807, 2.05) is 0 Å². The second kappa shape index (κ2) is 5.20. The second-order valence-electron chi connectivity index (χ2n) is 4.55. The number of nitrogens with zero attached hydrogens (tertiary/aromatic N) is 4. The van der Waals surface area contributed by atoms with Crippen molar-refractivity contribution >= 4 is 17.6 Å². The minimum atomic E-state index is -0.346. The lowest BCUT2D eigenvalue weighted by Crippen LogP contribution is -2.06. The van der Waals surface area contributed by atoms with Gasteiger partial charge in [-0.2, -0.15) is 10.1 Å². The van der Waals surface area contributed by atoms with E-state index in [-0.39, 0.29) is 11.3 Å². The lowest BCUT2D eigenvalue weighted by Gasteiger charge is -1.99. The zero-order valence-corrected chi connectivity index (χ0v) is 11.7. The molecule has 6 nitrogen and oxygen atoms in total. The highest BCUT2D eigenvalue weighted by Gasteiger charge is 2.32. The van der Waals surface area contributed by atoms with Crippen LogP contribution >= 0.6 is 11.6 Å². The molecule has 104 valence electrons. The van der Waals surface area contributed by atoms with E-state index in [9.17, 15) is 4.79 Å². The van der Waals surface area contributed by atoms with Gasteiger partial charge in [-0.25, -0.2) is 14.5 Å². The first-order valence-corrected chi connectivity index (χ1v) is 6.82. The molecule has 7 heteroatoms. The van der Waals surface area contributed by atoms with Crippen molar-refractivity contribution in [1.82, 2.24) is 19.7 Å². The van der Waals surface area contributed by atoms with E-state index in [1.165, 1.54) is 0 Å². The van der Waals surface area contributed by atoms with Crippen LogP contribution in [0.25, 0.3) is 5.82 Å². The van der Waals surface area contributed by atoms with Gasteiger partial charge in [0.2, 0.25) is 5.28 Å². The highest BCUT2D eigenvalue weighted by molar-refractivity contribution is 6.28. The van der Waals surface area contributed by atoms with E-state index in [2.05, 4.69) is 15.1 Å². The molecule has 0 radical (unpaired) electrons. The van der Waals surface area contributed by atoms with Gasteiger partial charge in [-0.05, 0) is 31.4 Å². The van der Waals surface area contributed by atoms with Crippen LogP contribution in [-0.4, -0.2) is 32.3 Å². The smallest absolute Gasteiger partial charge is 0.341 e. The van der Waals surface area contributed by atoms with Gasteiger partial charge in [0.15, 0.2) is 5.82 Å². The van der Waals surface area contributed by atoms with Gasteiger partial charge in [-0.3, -0.25) is 0 Å². The molecule has 0 bridgehead atoms. The highest BCUT2D eigenvalue weighted by atomic mass is 35.5. The third-order valence-corrected chi connectivity index (χ3v) is 3.23. The molecule has 0 unspecified atom stereocenters. The lowest BCUT2D eigenvalue weighted by molar-refractivity contribution is 0.0525. The van der Waals surface area contributed by atoms with Gasteiger partial charge in [-0.1, -0.05) is 0 Å². The van der Waals surface area contributed by atoms with Crippen molar-refractivity contribution < 1.29 is 9.53 Å². The third-order valence-electron chi connectivity index (χ3n) is 3.05. The molecule has 0 saturated heterocycles. The van der Waals surface area contributed by atoms with Crippen LogP contribution < -0.4 is 0 Å². The fraction of sp³-hybridized carbons (Fsp3) is 0.385. The largest absolute Gasteiger partial charge is 0.462 e. The van der Waals surface area contributed by atoms with Crippen LogP contribution in [0.3, 0.4) is 0 Å². The van der Waals surface area contributed by atoms with Gasteiger partial charge in [0.25, 0.3) is 0 Å². The summed E-state index contributed by atoms with van der Waals surface area (Å²) in [7, 11) is 0. The molecule has 1 saturated carbocycles. The fourth-order valence-corrected chi connectivity index (χ4v) is 2.13. The molecule has 1 fully saturated rings. The van der Waals surface area contributed by atoms with Gasteiger partial charge >= 0.3 is 5.97 Å². The van der Waals surface area contributed by atoms with Crippen molar-refractivity contribution in [2.24, 2.45) is 0 Å². The Hall–Kier alpha value is -1.95. The molecule has 0 atom stereocenters. The molecule has 3 rings (SSSR count). The zero-order valence-electron chi connectivity index (χ0n) is 10.9. The molecule has 0 amide bonds. The van der Waals surface area contributed by atoms with Crippen molar-refractivity contribution in [3.8, 4) is 5.82 Å². The number of hydrogen-bond acceptors (Lipinski definition) is 5. The van der Waals surface area contributed by atoms with Gasteiger partial charge in [-0.15, -0.1) is 0 Å². The maximum atomic E-state index is 12.0. The first kappa shape index (κ1) is 13.1. The summed E-state index contributed by atoms with van der Waals surface area (Å²) in [6.07, 6.45) is 5.29. The van der Waals surface area contributed by atoms with Crippen molar-refractivity contribution in [2.45, 2.75) is 25.7 Å². The molecule has 0 aliphatic heterocycles. The van der Waals surface area contributed by atoms with Crippen molar-refractivity contribution in [1.29, 1.82) is 0 Å². The molecular weight excluding hydrogens is 280 g/mol. The minimum Gasteiger partial charge on any atom is -0.462 e. The molecule has 2 aromatic rings. The number of hydrogen-bond donors (Lipinski definition) is 0. The lowest BCUT2D eigenvalue weighted by atomic mass is 10.2. The van der Waals surface area contributed by atoms with E-state index in [1.54, 1.807) is 30.1 Å². The van der Waals surface area contributed by atoms with Crippen LogP contribution in [0.4, 0.5) is 0 Å². The molecule has 0 N–H and O–H groups in total. The standard InChI is InChI=1S/C13H13ClN4O2/c1-2-20-12(19)9-7-18(17-11(9)8-3-4-8)10-5-6-15-13(14)16-10/h5-8H,2-4H2,1H3. The summed E-state index contributed by atoms with van der Waals surface area (Å²) in [5.74, 6) is 0.524. The van der Waals surface area contributed by atoms with Crippen LogP contribution in [0.5, 0.6) is 0 Å². The Labute approximate surface area is 120 Å². The number of carbonyl (C=O) groups excluding carboxylic acids is 1. The minimum absolute atomic E-state index is 0.142. The Morgan fingerprint density at radius 2 is 2.35 bits per heavy atom. The summed E-state index contributed by atoms with van der Waals surface area (Å²) in [6.45, 7) is 2.12. The van der Waals surface area contributed by atoms with Gasteiger partial charge in [0.05, 0.1) is 12.3 Å². The SMILES string of the molecule is CCOC(=O)c1cn(-c2ccnc(Cl)n2)nc1C1CC1. The molecule has 0 spiro atoms. The molecule has 2 aromatic heterocycles. The van der Waals surface area contributed by atoms with Gasteiger partial charge < -0.3 is 4.74 Å². The highest BCUT2D eigenvalue weighted by Crippen LogP contribution is 2.41. The quantitative estimate of drug-likeness (QED) is 0.639. The Balaban J connectivity index is 2.00. The predicted molar refractivity (Wildman–Crippen MR) is 72.1 cm³/mol. The van der Waals surface area contributed by atoms with Crippen molar-refractivity contribution in [2.75, 3.05) is 6.61 Å². The molecule has 2 heterocycles. The van der Waals surface area contributed by atoms with E-state index in [0.717, 1.165) is 18.5 Å². The number of esters is 1. The maximum absolute atomic E-state index is 12.0. The second-order valence-corrected chi connectivity index (χ2v) is 4.89. The zero-order chi connectivity index (χ0) is 14.1. The van der Waals surface area contributed by atoms with E-state index < -0.39 is 0 Å². The number of ether oxygens (including phenoxy) is 1. The van der Waals surface area contributed by atoms with Gasteiger partial charge in [0, 0.05) is 24.4 Å². The van der Waals surface area contributed by atoms with Crippen molar-refractivity contribution in [3.05, 3.63) is 35.0 Å². The molecule has 1 aliphatic carbocycles. The molecule has 20 heavy (non-hydrogen) atoms. The predicted octanol–water partition coefficient (Wildman–Crippen LogP) is 2.37. The van der Waals surface area contributed by atoms with Crippen molar-refractivity contribution in [3.63, 3.8) is 0 Å². The summed E-state index contributed by atoms with van der Waals surface area (Å²) < 4.78 is 6.62. The summed E-state index contributed by atoms with van der Waals surface area (Å²) in [6, 6.07) is 1.69. The molecule has 0 aromatic carbocycles. The Bertz CT molecular complexity index is 652. The van der Waals surface area contributed by atoms with Crippen LogP contribution in [0, 0.1) is 0 Å². The normalized spacial score (nSPS) is 14.3. The first-order valence-electron chi connectivity index (χ1n) is 6.44. The van der Waals surface area contributed by atoms with Crippen LogP contribution in [-0.2, 0) is 4.74 Å².